The normalized spacial score (nSPS) is 14.2. The van der Waals surface area contributed by atoms with Crippen LogP contribution in [0, 0.1) is 5.82 Å². The summed E-state index contributed by atoms with van der Waals surface area (Å²) in [7, 11) is 0. The molecule has 3 aromatic carbocycles. The lowest BCUT2D eigenvalue weighted by Gasteiger charge is -2.15. The molecular formula is C25H18Br2FNO4. The fourth-order valence-electron chi connectivity index (χ4n) is 3.13. The maximum atomic E-state index is 14.0. The number of carbonyl (C=O) groups excluding carboxylic acids is 1. The highest BCUT2D eigenvalue weighted by atomic mass is 79.9. The smallest absolute Gasteiger partial charge is 0.363 e. The van der Waals surface area contributed by atoms with Crippen molar-refractivity contribution >= 4 is 49.8 Å². The summed E-state index contributed by atoms with van der Waals surface area (Å²) in [5, 5.41) is 0. The van der Waals surface area contributed by atoms with Gasteiger partial charge in [-0.05, 0) is 76.5 Å². The van der Waals surface area contributed by atoms with Gasteiger partial charge in [-0.15, -0.1) is 0 Å². The molecule has 0 radical (unpaired) electrons. The molecule has 0 saturated heterocycles. The Balaban J connectivity index is 1.61. The number of esters is 1. The highest BCUT2D eigenvalue weighted by Gasteiger charge is 2.26. The number of halogens is 3. The van der Waals surface area contributed by atoms with Gasteiger partial charge >= 0.3 is 5.97 Å². The molecule has 4 rings (SSSR count). The number of nitrogens with zero attached hydrogens (tertiary/aromatic N) is 1. The molecule has 0 spiro atoms. The molecule has 168 valence electrons. The van der Waals surface area contributed by atoms with Crippen molar-refractivity contribution in [2.24, 2.45) is 4.99 Å². The van der Waals surface area contributed by atoms with Gasteiger partial charge in [0.2, 0.25) is 5.90 Å². The van der Waals surface area contributed by atoms with E-state index in [1.165, 1.54) is 12.1 Å². The summed E-state index contributed by atoms with van der Waals surface area (Å²) in [5.74, 6) is -0.174. The molecule has 0 saturated carbocycles. The van der Waals surface area contributed by atoms with Gasteiger partial charge in [-0.3, -0.25) is 0 Å². The summed E-state index contributed by atoms with van der Waals surface area (Å²) in [6, 6.07) is 17.4. The largest absolute Gasteiger partial charge is 0.490 e. The Labute approximate surface area is 207 Å². The van der Waals surface area contributed by atoms with E-state index >= 15 is 0 Å². The van der Waals surface area contributed by atoms with Crippen LogP contribution in [0.5, 0.6) is 11.5 Å². The molecule has 0 aliphatic carbocycles. The lowest BCUT2D eigenvalue weighted by atomic mass is 10.1. The summed E-state index contributed by atoms with van der Waals surface area (Å²) < 4.78 is 32.6. The molecular weight excluding hydrogens is 557 g/mol. The molecule has 0 N–H and O–H groups in total. The van der Waals surface area contributed by atoms with Gasteiger partial charge in [0, 0.05) is 4.47 Å². The fourth-order valence-corrected chi connectivity index (χ4v) is 3.97. The van der Waals surface area contributed by atoms with Gasteiger partial charge in [0.15, 0.2) is 17.2 Å². The number of hydrogen-bond donors (Lipinski definition) is 0. The Kier molecular flexibility index (Phi) is 7.25. The standard InChI is InChI=1S/C25H18Br2FNO4/c1-2-31-22-13-16(11-19(27)23(22)32-14-15-7-9-17(26)10-8-15)12-21-25(30)33-24(29-21)18-5-3-4-6-20(18)28/h3-13H,2,14H2,1H3/b21-12-. The molecule has 0 aromatic heterocycles. The number of rotatable bonds is 7. The second kappa shape index (κ2) is 10.3. The third kappa shape index (κ3) is 5.51. The number of benzene rings is 3. The Hall–Kier alpha value is -2.97. The highest BCUT2D eigenvalue weighted by Crippen LogP contribution is 2.38. The van der Waals surface area contributed by atoms with Crippen molar-refractivity contribution in [3.8, 4) is 11.5 Å². The first-order chi connectivity index (χ1) is 15.9. The minimum atomic E-state index is -0.655. The lowest BCUT2D eigenvalue weighted by Crippen LogP contribution is -2.07. The maximum absolute atomic E-state index is 14.0. The molecule has 0 atom stereocenters. The predicted octanol–water partition coefficient (Wildman–Crippen LogP) is 6.67. The van der Waals surface area contributed by atoms with E-state index in [9.17, 15) is 9.18 Å². The van der Waals surface area contributed by atoms with Crippen LogP contribution in [0.3, 0.4) is 0 Å². The molecule has 1 aliphatic heterocycles. The Morgan fingerprint density at radius 2 is 1.82 bits per heavy atom. The van der Waals surface area contributed by atoms with Gasteiger partial charge in [-0.25, -0.2) is 14.2 Å². The van der Waals surface area contributed by atoms with Crippen molar-refractivity contribution in [1.29, 1.82) is 0 Å². The molecule has 0 amide bonds. The average molecular weight is 575 g/mol. The van der Waals surface area contributed by atoms with Crippen molar-refractivity contribution in [2.45, 2.75) is 13.5 Å². The number of carbonyl (C=O) groups is 1. The minimum Gasteiger partial charge on any atom is -0.490 e. The number of aliphatic imine (C=N–C) groups is 1. The van der Waals surface area contributed by atoms with Crippen LogP contribution >= 0.6 is 31.9 Å². The van der Waals surface area contributed by atoms with E-state index in [4.69, 9.17) is 14.2 Å². The van der Waals surface area contributed by atoms with Crippen LogP contribution in [0.1, 0.15) is 23.6 Å². The van der Waals surface area contributed by atoms with Gasteiger partial charge in [-0.2, -0.15) is 0 Å². The van der Waals surface area contributed by atoms with Crippen LogP contribution in [0.4, 0.5) is 4.39 Å². The predicted molar refractivity (Wildman–Crippen MR) is 131 cm³/mol. The van der Waals surface area contributed by atoms with Crippen molar-refractivity contribution < 1.29 is 23.4 Å². The maximum Gasteiger partial charge on any atom is 0.363 e. The van der Waals surface area contributed by atoms with Crippen molar-refractivity contribution in [3.05, 3.63) is 97.8 Å². The Morgan fingerprint density at radius 3 is 2.55 bits per heavy atom. The van der Waals surface area contributed by atoms with Crippen molar-refractivity contribution in [3.63, 3.8) is 0 Å². The topological polar surface area (TPSA) is 57.1 Å². The quantitative estimate of drug-likeness (QED) is 0.233. The molecule has 5 nitrogen and oxygen atoms in total. The van der Waals surface area contributed by atoms with Crippen LogP contribution < -0.4 is 9.47 Å². The zero-order valence-electron chi connectivity index (χ0n) is 17.5. The molecule has 1 aliphatic rings. The third-order valence-electron chi connectivity index (χ3n) is 4.66. The Bertz CT molecular complexity index is 1260. The van der Waals surface area contributed by atoms with Gasteiger partial charge in [-0.1, -0.05) is 40.2 Å². The third-order valence-corrected chi connectivity index (χ3v) is 5.77. The fraction of sp³-hybridized carbons (Fsp3) is 0.120. The van der Waals surface area contributed by atoms with E-state index in [1.807, 2.05) is 31.2 Å². The highest BCUT2D eigenvalue weighted by molar-refractivity contribution is 9.10. The van der Waals surface area contributed by atoms with Crippen molar-refractivity contribution in [1.82, 2.24) is 0 Å². The molecule has 0 fully saturated rings. The van der Waals surface area contributed by atoms with E-state index < -0.39 is 11.8 Å². The first kappa shape index (κ1) is 23.2. The van der Waals surface area contributed by atoms with Gasteiger partial charge in [0.05, 0.1) is 16.6 Å². The summed E-state index contributed by atoms with van der Waals surface area (Å²) in [6.45, 7) is 2.66. The van der Waals surface area contributed by atoms with Gasteiger partial charge in [0.1, 0.15) is 12.4 Å². The number of cyclic esters (lactones) is 1. The minimum absolute atomic E-state index is 0.0612. The van der Waals surface area contributed by atoms with Gasteiger partial charge in [0.25, 0.3) is 0 Å². The van der Waals surface area contributed by atoms with E-state index in [0.29, 0.717) is 34.7 Å². The van der Waals surface area contributed by atoms with Gasteiger partial charge < -0.3 is 14.2 Å². The molecule has 8 heteroatoms. The zero-order valence-corrected chi connectivity index (χ0v) is 20.7. The van der Waals surface area contributed by atoms with Crippen LogP contribution in [-0.2, 0) is 16.1 Å². The van der Waals surface area contributed by atoms with Crippen molar-refractivity contribution in [2.75, 3.05) is 6.61 Å². The lowest BCUT2D eigenvalue weighted by molar-refractivity contribution is -0.129. The van der Waals surface area contributed by atoms with Crippen LogP contribution in [0.2, 0.25) is 0 Å². The average Bonchev–Trinajstić information content (AvgIpc) is 3.15. The van der Waals surface area contributed by atoms with Crippen LogP contribution in [0.15, 0.2) is 80.3 Å². The monoisotopic (exact) mass is 573 g/mol. The summed E-state index contributed by atoms with van der Waals surface area (Å²) in [5.41, 5.74) is 1.84. The zero-order chi connectivity index (χ0) is 23.4. The molecule has 1 heterocycles. The first-order valence-electron chi connectivity index (χ1n) is 10.1. The van der Waals surface area contributed by atoms with Crippen LogP contribution in [-0.4, -0.2) is 18.5 Å². The number of hydrogen-bond acceptors (Lipinski definition) is 5. The SMILES string of the molecule is CCOc1cc(/C=C2\N=C(c3ccccc3F)OC2=O)cc(Br)c1OCc1ccc(Br)cc1. The summed E-state index contributed by atoms with van der Waals surface area (Å²) >= 11 is 6.95. The summed E-state index contributed by atoms with van der Waals surface area (Å²) in [6.07, 6.45) is 1.56. The van der Waals surface area contributed by atoms with Crippen LogP contribution in [0.25, 0.3) is 6.08 Å². The molecule has 0 unspecified atom stereocenters. The van der Waals surface area contributed by atoms with E-state index in [1.54, 1.807) is 30.3 Å². The van der Waals surface area contributed by atoms with E-state index in [-0.39, 0.29) is 17.2 Å². The molecule has 3 aromatic rings. The molecule has 0 bridgehead atoms. The van der Waals surface area contributed by atoms with E-state index in [2.05, 4.69) is 36.9 Å². The number of ether oxygens (including phenoxy) is 3. The van der Waals surface area contributed by atoms with E-state index in [0.717, 1.165) is 10.0 Å². The first-order valence-corrected chi connectivity index (χ1v) is 11.6. The molecule has 33 heavy (non-hydrogen) atoms. The second-order valence-electron chi connectivity index (χ2n) is 6.99. The second-order valence-corrected chi connectivity index (χ2v) is 8.76. The Morgan fingerprint density at radius 1 is 1.06 bits per heavy atom. The summed E-state index contributed by atoms with van der Waals surface area (Å²) in [4.78, 5) is 16.5.